The Morgan fingerprint density at radius 2 is 2.03 bits per heavy atom. The number of guanidine groups is 1. The van der Waals surface area contributed by atoms with E-state index in [0.717, 1.165) is 36.0 Å². The number of aromatic nitrogens is 2. The summed E-state index contributed by atoms with van der Waals surface area (Å²) in [4.78, 5) is 15.9. The van der Waals surface area contributed by atoms with E-state index in [2.05, 4.69) is 31.2 Å². The fraction of sp³-hybridized carbons (Fsp3) is 0.333. The van der Waals surface area contributed by atoms with Crippen LogP contribution in [0.4, 0.5) is 14.5 Å². The van der Waals surface area contributed by atoms with E-state index in [1.165, 1.54) is 17.7 Å². The molecule has 0 aliphatic carbocycles. The summed E-state index contributed by atoms with van der Waals surface area (Å²) >= 11 is 0. The van der Waals surface area contributed by atoms with Crippen molar-refractivity contribution in [3.05, 3.63) is 59.9 Å². The molecule has 29 heavy (non-hydrogen) atoms. The topological polar surface area (TPSA) is 59.6 Å². The minimum absolute atomic E-state index is 0.320. The second-order valence-corrected chi connectivity index (χ2v) is 7.01. The van der Waals surface area contributed by atoms with E-state index >= 15 is 0 Å². The number of nitrogens with zero attached hydrogens (tertiary/aromatic N) is 4. The summed E-state index contributed by atoms with van der Waals surface area (Å²) in [6.45, 7) is 3.33. The lowest BCUT2D eigenvalue weighted by molar-refractivity contribution is 0.371. The predicted octanol–water partition coefficient (Wildman–Crippen LogP) is 2.78. The fourth-order valence-corrected chi connectivity index (χ4v) is 3.75. The van der Waals surface area contributed by atoms with Crippen molar-refractivity contribution >= 4 is 22.7 Å². The first-order valence-electron chi connectivity index (χ1n) is 9.72. The van der Waals surface area contributed by atoms with Crippen molar-refractivity contribution in [2.45, 2.75) is 6.42 Å². The summed E-state index contributed by atoms with van der Waals surface area (Å²) in [6, 6.07) is 7.58. The number of hydrogen-bond donors (Lipinski definition) is 2. The van der Waals surface area contributed by atoms with Gasteiger partial charge in [0.05, 0.1) is 5.69 Å². The zero-order valence-corrected chi connectivity index (χ0v) is 16.3. The Morgan fingerprint density at radius 1 is 1.21 bits per heavy atom. The molecule has 0 radical (unpaired) electrons. The number of benzene rings is 1. The zero-order valence-electron chi connectivity index (χ0n) is 16.3. The molecule has 0 amide bonds. The smallest absolute Gasteiger partial charge is 0.193 e. The largest absolute Gasteiger partial charge is 0.366 e. The van der Waals surface area contributed by atoms with Gasteiger partial charge in [0.25, 0.3) is 0 Å². The first-order valence-corrected chi connectivity index (χ1v) is 9.72. The highest BCUT2D eigenvalue weighted by Gasteiger charge is 2.22. The van der Waals surface area contributed by atoms with Gasteiger partial charge in [-0.2, -0.15) is 0 Å². The molecule has 6 nitrogen and oxygen atoms in total. The molecule has 2 N–H and O–H groups in total. The Morgan fingerprint density at radius 3 is 2.83 bits per heavy atom. The van der Waals surface area contributed by atoms with Crippen LogP contribution in [0.5, 0.6) is 0 Å². The van der Waals surface area contributed by atoms with Gasteiger partial charge in [-0.1, -0.05) is 0 Å². The van der Waals surface area contributed by atoms with Gasteiger partial charge in [-0.15, -0.1) is 0 Å². The number of rotatable bonds is 4. The first-order chi connectivity index (χ1) is 14.2. The molecule has 152 valence electrons. The van der Waals surface area contributed by atoms with E-state index < -0.39 is 11.6 Å². The van der Waals surface area contributed by atoms with Crippen LogP contribution in [-0.4, -0.2) is 60.6 Å². The molecule has 1 aromatic carbocycles. The molecule has 1 saturated heterocycles. The highest BCUT2D eigenvalue weighted by atomic mass is 19.1. The van der Waals surface area contributed by atoms with Gasteiger partial charge in [0.1, 0.15) is 17.3 Å². The van der Waals surface area contributed by atoms with Crippen molar-refractivity contribution in [1.82, 2.24) is 20.2 Å². The number of fused-ring (bicyclic) bond motifs is 1. The molecule has 1 aliphatic rings. The number of aliphatic imine (C=N–C) groups is 1. The van der Waals surface area contributed by atoms with E-state index in [0.29, 0.717) is 31.9 Å². The average Bonchev–Trinajstić information content (AvgIpc) is 3.16. The molecule has 0 bridgehead atoms. The molecule has 2 aromatic heterocycles. The lowest BCUT2D eigenvalue weighted by atomic mass is 10.1. The number of anilines is 1. The molecule has 1 fully saturated rings. The van der Waals surface area contributed by atoms with Crippen LogP contribution in [0.15, 0.2) is 47.7 Å². The average molecular weight is 398 g/mol. The summed E-state index contributed by atoms with van der Waals surface area (Å²) in [6.07, 6.45) is 4.62. The van der Waals surface area contributed by atoms with Crippen LogP contribution in [0.25, 0.3) is 11.0 Å². The lowest BCUT2D eigenvalue weighted by Gasteiger charge is -2.37. The number of halogens is 2. The van der Waals surface area contributed by atoms with Crippen LogP contribution in [0.3, 0.4) is 0 Å². The second-order valence-electron chi connectivity index (χ2n) is 7.01. The van der Waals surface area contributed by atoms with Crippen molar-refractivity contribution in [2.24, 2.45) is 4.99 Å². The van der Waals surface area contributed by atoms with Gasteiger partial charge in [-0.3, -0.25) is 4.99 Å². The number of hydrogen-bond acceptors (Lipinski definition) is 3. The van der Waals surface area contributed by atoms with Crippen LogP contribution >= 0.6 is 0 Å². The molecule has 8 heteroatoms. The molecule has 1 aliphatic heterocycles. The second kappa shape index (κ2) is 8.46. The van der Waals surface area contributed by atoms with Crippen LogP contribution in [-0.2, 0) is 6.42 Å². The van der Waals surface area contributed by atoms with Crippen molar-refractivity contribution in [2.75, 3.05) is 44.7 Å². The van der Waals surface area contributed by atoms with Gasteiger partial charge in [0.2, 0.25) is 0 Å². The number of piperazine rings is 1. The Bertz CT molecular complexity index is 1010. The van der Waals surface area contributed by atoms with Gasteiger partial charge in [-0.25, -0.2) is 13.8 Å². The van der Waals surface area contributed by atoms with Gasteiger partial charge < -0.3 is 20.1 Å². The predicted molar refractivity (Wildman–Crippen MR) is 111 cm³/mol. The number of H-pyrrole nitrogens is 1. The van der Waals surface area contributed by atoms with E-state index in [-0.39, 0.29) is 0 Å². The number of pyridine rings is 1. The quantitative estimate of drug-likeness (QED) is 0.524. The van der Waals surface area contributed by atoms with Gasteiger partial charge >= 0.3 is 0 Å². The minimum Gasteiger partial charge on any atom is -0.366 e. The molecule has 4 rings (SSSR count). The van der Waals surface area contributed by atoms with E-state index in [1.807, 2.05) is 17.2 Å². The lowest BCUT2D eigenvalue weighted by Crippen LogP contribution is -2.53. The number of aromatic amines is 1. The normalized spacial score (nSPS) is 15.2. The molecule has 0 atom stereocenters. The van der Waals surface area contributed by atoms with Gasteiger partial charge in [-0.05, 0) is 36.2 Å². The highest BCUT2D eigenvalue weighted by Crippen LogP contribution is 2.22. The van der Waals surface area contributed by atoms with Crippen LogP contribution < -0.4 is 10.2 Å². The summed E-state index contributed by atoms with van der Waals surface area (Å²) in [5.74, 6) is 0.00620. The maximum atomic E-state index is 14.0. The van der Waals surface area contributed by atoms with Crippen LogP contribution in [0, 0.1) is 11.6 Å². The monoisotopic (exact) mass is 398 g/mol. The highest BCUT2D eigenvalue weighted by molar-refractivity contribution is 5.81. The van der Waals surface area contributed by atoms with E-state index in [1.54, 1.807) is 13.2 Å². The third-order valence-corrected chi connectivity index (χ3v) is 5.25. The maximum absolute atomic E-state index is 14.0. The summed E-state index contributed by atoms with van der Waals surface area (Å²) in [7, 11) is 1.76. The van der Waals surface area contributed by atoms with E-state index in [4.69, 9.17) is 0 Å². The van der Waals surface area contributed by atoms with Crippen molar-refractivity contribution in [3.63, 3.8) is 0 Å². The molecule has 0 spiro atoms. The molecule has 0 unspecified atom stereocenters. The van der Waals surface area contributed by atoms with Crippen molar-refractivity contribution < 1.29 is 8.78 Å². The standard InChI is InChI=1S/C21H24F2N6/c1-24-21(26-8-6-15-14-27-20-17(15)3-2-7-25-20)29-11-9-28(10-12-29)19-13-16(22)4-5-18(19)23/h2-5,7,13-14H,6,8-12H2,1H3,(H,24,26)(H,25,27). The van der Waals surface area contributed by atoms with Gasteiger partial charge in [0.15, 0.2) is 5.96 Å². The zero-order chi connectivity index (χ0) is 20.2. The Hall–Kier alpha value is -3.16. The third kappa shape index (κ3) is 4.16. The van der Waals surface area contributed by atoms with Crippen LogP contribution in [0.2, 0.25) is 0 Å². The van der Waals surface area contributed by atoms with Crippen molar-refractivity contribution in [3.8, 4) is 0 Å². The Balaban J connectivity index is 1.32. The summed E-state index contributed by atoms with van der Waals surface area (Å²) in [5.41, 5.74) is 2.43. The summed E-state index contributed by atoms with van der Waals surface area (Å²) in [5, 5.41) is 4.54. The molecule has 3 aromatic rings. The minimum atomic E-state index is -0.422. The van der Waals surface area contributed by atoms with E-state index in [9.17, 15) is 8.78 Å². The maximum Gasteiger partial charge on any atom is 0.193 e. The Kier molecular flexibility index (Phi) is 5.59. The third-order valence-electron chi connectivity index (χ3n) is 5.25. The number of nitrogens with one attached hydrogen (secondary N) is 2. The molecular formula is C21H24F2N6. The molecule has 0 saturated carbocycles. The first kappa shape index (κ1) is 19.2. The van der Waals surface area contributed by atoms with Crippen LogP contribution in [0.1, 0.15) is 5.56 Å². The van der Waals surface area contributed by atoms with Gasteiger partial charge in [0, 0.05) is 63.6 Å². The molecular weight excluding hydrogens is 374 g/mol. The van der Waals surface area contributed by atoms with Crippen molar-refractivity contribution in [1.29, 1.82) is 0 Å². The summed E-state index contributed by atoms with van der Waals surface area (Å²) < 4.78 is 27.5. The SMILES string of the molecule is CN=C(NCCc1c[nH]c2ncccc12)N1CCN(c2cc(F)ccc2F)CC1. The fourth-order valence-electron chi connectivity index (χ4n) is 3.75. The molecule has 3 heterocycles. The Labute approximate surface area is 168 Å².